The molecule has 0 radical (unpaired) electrons. The smallest absolute Gasteiger partial charge is 0.272 e. The second-order valence-corrected chi connectivity index (χ2v) is 8.85. The summed E-state index contributed by atoms with van der Waals surface area (Å²) in [6, 6.07) is 33.4. The molecule has 1 amide bonds. The molecule has 5 rings (SSSR count). The number of ether oxygens (including phenoxy) is 1. The minimum absolute atomic E-state index is 0.297. The van der Waals surface area contributed by atoms with Gasteiger partial charge < -0.3 is 4.74 Å². The molecule has 4 aromatic carbocycles. The highest BCUT2D eigenvalue weighted by atomic mass is 35.5. The molecule has 0 saturated carbocycles. The molecule has 38 heavy (non-hydrogen) atoms. The van der Waals surface area contributed by atoms with Crippen LogP contribution in [0.5, 0.6) is 5.75 Å². The van der Waals surface area contributed by atoms with Crippen molar-refractivity contribution in [1.82, 2.24) is 10.4 Å². The number of benzene rings is 4. The van der Waals surface area contributed by atoms with Crippen molar-refractivity contribution < 1.29 is 9.53 Å². The number of fused-ring (bicyclic) bond motifs is 1. The number of amides is 1. The Kier molecular flexibility index (Phi) is 7.39. The van der Waals surface area contributed by atoms with Crippen molar-refractivity contribution in [3.63, 3.8) is 0 Å². The van der Waals surface area contributed by atoms with E-state index in [0.717, 1.165) is 22.0 Å². The standard InChI is InChI=1S/C31H21ClN4O2/c32-25-14-15-30(38-20-22-12-10-21(18-33)11-13-22)24(16-25)19-34-36-31(37)27-17-29(23-6-2-1-3-7-23)35-28-9-5-4-8-26(27)28/h1-17,19H,20H2,(H,36,37)/b34-19-. The molecule has 184 valence electrons. The number of carbonyl (C=O) groups is 1. The predicted molar refractivity (Wildman–Crippen MR) is 149 cm³/mol. The summed E-state index contributed by atoms with van der Waals surface area (Å²) in [5.41, 5.74) is 7.53. The minimum Gasteiger partial charge on any atom is -0.488 e. The zero-order valence-electron chi connectivity index (χ0n) is 20.1. The van der Waals surface area contributed by atoms with Crippen molar-refractivity contribution in [2.75, 3.05) is 0 Å². The Morgan fingerprint density at radius 1 is 0.974 bits per heavy atom. The van der Waals surface area contributed by atoms with Crippen LogP contribution in [0.25, 0.3) is 22.2 Å². The third kappa shape index (κ3) is 5.70. The van der Waals surface area contributed by atoms with Crippen molar-refractivity contribution >= 4 is 34.6 Å². The van der Waals surface area contributed by atoms with Crippen LogP contribution in [0.3, 0.4) is 0 Å². The highest BCUT2D eigenvalue weighted by Crippen LogP contribution is 2.25. The summed E-state index contributed by atoms with van der Waals surface area (Å²) in [7, 11) is 0. The predicted octanol–water partition coefficient (Wildman–Crippen LogP) is 6.77. The number of nitrogens with one attached hydrogen (secondary N) is 1. The number of nitrogens with zero attached hydrogens (tertiary/aromatic N) is 3. The first-order chi connectivity index (χ1) is 18.6. The number of aromatic nitrogens is 1. The lowest BCUT2D eigenvalue weighted by Crippen LogP contribution is -2.18. The number of hydrogen-bond donors (Lipinski definition) is 1. The molecule has 0 atom stereocenters. The van der Waals surface area contributed by atoms with Crippen LogP contribution in [-0.2, 0) is 6.61 Å². The zero-order valence-corrected chi connectivity index (χ0v) is 20.9. The van der Waals surface area contributed by atoms with Gasteiger partial charge in [0.25, 0.3) is 5.91 Å². The molecule has 6 nitrogen and oxygen atoms in total. The van der Waals surface area contributed by atoms with Gasteiger partial charge in [-0.3, -0.25) is 4.79 Å². The first-order valence-corrected chi connectivity index (χ1v) is 12.2. The van der Waals surface area contributed by atoms with Crippen LogP contribution in [0.4, 0.5) is 0 Å². The van der Waals surface area contributed by atoms with Crippen LogP contribution in [0.1, 0.15) is 27.0 Å². The summed E-state index contributed by atoms with van der Waals surface area (Å²) in [5.74, 6) is 0.191. The van der Waals surface area contributed by atoms with Gasteiger partial charge in [0.15, 0.2) is 0 Å². The topological polar surface area (TPSA) is 87.4 Å². The first-order valence-electron chi connectivity index (χ1n) is 11.8. The minimum atomic E-state index is -0.362. The summed E-state index contributed by atoms with van der Waals surface area (Å²) >= 11 is 6.20. The van der Waals surface area contributed by atoms with E-state index in [1.54, 1.807) is 36.4 Å². The number of halogens is 1. The van der Waals surface area contributed by atoms with Crippen molar-refractivity contribution in [3.8, 4) is 23.1 Å². The SMILES string of the molecule is N#Cc1ccc(COc2ccc(Cl)cc2/C=N\NC(=O)c2cc(-c3ccccc3)nc3ccccc23)cc1. The molecule has 0 spiro atoms. The number of rotatable bonds is 7. The summed E-state index contributed by atoms with van der Waals surface area (Å²) in [5, 5.41) is 14.4. The van der Waals surface area contributed by atoms with E-state index in [2.05, 4.69) is 16.6 Å². The number of carbonyl (C=O) groups excluding carboxylic acids is 1. The number of hydrazone groups is 1. The largest absolute Gasteiger partial charge is 0.488 e. The van der Waals surface area contributed by atoms with Gasteiger partial charge in [-0.15, -0.1) is 0 Å². The van der Waals surface area contributed by atoms with Crippen molar-refractivity contribution in [1.29, 1.82) is 5.26 Å². The number of nitriles is 1. The molecule has 1 aromatic heterocycles. The summed E-state index contributed by atoms with van der Waals surface area (Å²) in [4.78, 5) is 17.9. The van der Waals surface area contributed by atoms with E-state index in [0.29, 0.717) is 39.8 Å². The third-order valence-electron chi connectivity index (χ3n) is 5.85. The van der Waals surface area contributed by atoms with Crippen LogP contribution < -0.4 is 10.2 Å². The molecule has 1 N–H and O–H groups in total. The monoisotopic (exact) mass is 516 g/mol. The van der Waals surface area contributed by atoms with Gasteiger partial charge in [-0.2, -0.15) is 10.4 Å². The number of para-hydroxylation sites is 1. The van der Waals surface area contributed by atoms with E-state index in [4.69, 9.17) is 26.6 Å². The van der Waals surface area contributed by atoms with Gasteiger partial charge in [0.05, 0.1) is 34.6 Å². The van der Waals surface area contributed by atoms with Crippen LogP contribution in [0, 0.1) is 11.3 Å². The van der Waals surface area contributed by atoms with Crippen molar-refractivity contribution in [2.24, 2.45) is 5.10 Å². The van der Waals surface area contributed by atoms with Crippen LogP contribution in [0.2, 0.25) is 5.02 Å². The molecule has 5 aromatic rings. The maximum Gasteiger partial charge on any atom is 0.272 e. The third-order valence-corrected chi connectivity index (χ3v) is 6.08. The summed E-state index contributed by atoms with van der Waals surface area (Å²) < 4.78 is 5.96. The summed E-state index contributed by atoms with van der Waals surface area (Å²) in [6.45, 7) is 0.297. The van der Waals surface area contributed by atoms with E-state index in [1.807, 2.05) is 66.7 Å². The van der Waals surface area contributed by atoms with Crippen molar-refractivity contribution in [3.05, 3.63) is 130 Å². The average molecular weight is 517 g/mol. The summed E-state index contributed by atoms with van der Waals surface area (Å²) in [6.07, 6.45) is 1.50. The van der Waals surface area contributed by atoms with E-state index < -0.39 is 0 Å². The Hall–Kier alpha value is -4.99. The van der Waals surface area contributed by atoms with Gasteiger partial charge in [0.2, 0.25) is 0 Å². The molecule has 0 saturated heterocycles. The van der Waals surface area contributed by atoms with E-state index in [1.165, 1.54) is 6.21 Å². The van der Waals surface area contributed by atoms with Gasteiger partial charge in [-0.05, 0) is 48.0 Å². The van der Waals surface area contributed by atoms with E-state index >= 15 is 0 Å². The van der Waals surface area contributed by atoms with E-state index in [-0.39, 0.29) is 5.91 Å². The van der Waals surface area contributed by atoms with Crippen molar-refractivity contribution in [2.45, 2.75) is 6.61 Å². The van der Waals surface area contributed by atoms with E-state index in [9.17, 15) is 4.79 Å². The normalized spacial score (nSPS) is 10.8. The molecule has 0 aliphatic carbocycles. The average Bonchev–Trinajstić information content (AvgIpc) is 2.97. The zero-order chi connectivity index (χ0) is 26.3. The maximum absolute atomic E-state index is 13.2. The maximum atomic E-state index is 13.2. The Labute approximate surface area is 224 Å². The first kappa shape index (κ1) is 24.7. The molecular weight excluding hydrogens is 496 g/mol. The molecule has 1 heterocycles. The Bertz CT molecular complexity index is 1680. The molecule has 0 bridgehead atoms. The quantitative estimate of drug-likeness (QED) is 0.191. The van der Waals surface area contributed by atoms with Gasteiger partial charge in [0.1, 0.15) is 12.4 Å². The second kappa shape index (κ2) is 11.4. The second-order valence-electron chi connectivity index (χ2n) is 8.42. The highest BCUT2D eigenvalue weighted by Gasteiger charge is 2.14. The molecule has 0 unspecified atom stereocenters. The fourth-order valence-corrected chi connectivity index (χ4v) is 4.11. The van der Waals surface area contributed by atoms with Gasteiger partial charge in [-0.25, -0.2) is 10.4 Å². The van der Waals surface area contributed by atoms with Crippen LogP contribution in [0.15, 0.2) is 108 Å². The Morgan fingerprint density at radius 2 is 1.74 bits per heavy atom. The molecular formula is C31H21ClN4O2. The molecule has 0 aliphatic rings. The molecule has 0 fully saturated rings. The lowest BCUT2D eigenvalue weighted by atomic mass is 10.0. The van der Waals surface area contributed by atoms with Gasteiger partial charge >= 0.3 is 0 Å². The number of hydrogen-bond acceptors (Lipinski definition) is 5. The highest BCUT2D eigenvalue weighted by molar-refractivity contribution is 6.31. The number of pyridine rings is 1. The van der Waals surface area contributed by atoms with Crippen LogP contribution in [-0.4, -0.2) is 17.1 Å². The molecule has 7 heteroatoms. The molecule has 0 aliphatic heterocycles. The lowest BCUT2D eigenvalue weighted by Gasteiger charge is -2.10. The Balaban J connectivity index is 1.36. The van der Waals surface area contributed by atoms with Gasteiger partial charge in [-0.1, -0.05) is 72.3 Å². The fourth-order valence-electron chi connectivity index (χ4n) is 3.93. The fraction of sp³-hybridized carbons (Fsp3) is 0.0323. The Morgan fingerprint density at radius 3 is 2.53 bits per heavy atom. The van der Waals surface area contributed by atoms with Gasteiger partial charge in [0, 0.05) is 21.5 Å². The lowest BCUT2D eigenvalue weighted by molar-refractivity contribution is 0.0956. The van der Waals surface area contributed by atoms with Crippen LogP contribution >= 0.6 is 11.6 Å².